The second kappa shape index (κ2) is 7.22. The molecule has 3 aliphatic rings. The summed E-state index contributed by atoms with van der Waals surface area (Å²) in [6.07, 6.45) is 6.09. The average molecular weight is 395 g/mol. The largest absolute Gasteiger partial charge is 0.393 e. The van der Waals surface area contributed by atoms with E-state index in [1.54, 1.807) is 0 Å². The maximum absolute atomic E-state index is 9.31. The molecular formula is C15H26INO3. The van der Waals surface area contributed by atoms with E-state index in [0.29, 0.717) is 6.10 Å². The number of hydrogen-bond donors (Lipinski definition) is 1. The molecule has 0 aromatic rings. The zero-order chi connectivity index (χ0) is 13.9. The minimum Gasteiger partial charge on any atom is -0.393 e. The van der Waals surface area contributed by atoms with E-state index in [-0.39, 0.29) is 6.10 Å². The van der Waals surface area contributed by atoms with Crippen molar-refractivity contribution >= 4 is 22.9 Å². The van der Waals surface area contributed by atoms with Crippen LogP contribution in [-0.4, -0.2) is 53.3 Å². The molecule has 3 rings (SSSR count). The molecule has 0 unspecified atom stereocenters. The van der Waals surface area contributed by atoms with Crippen LogP contribution in [0.1, 0.15) is 32.1 Å². The second-order valence-electron chi connectivity index (χ2n) is 6.65. The minimum atomic E-state index is -0.00267. The monoisotopic (exact) mass is 395 g/mol. The van der Waals surface area contributed by atoms with Gasteiger partial charge in [0.1, 0.15) is 0 Å². The van der Waals surface area contributed by atoms with E-state index in [1.165, 1.54) is 6.42 Å². The Morgan fingerprint density at radius 2 is 1.85 bits per heavy atom. The van der Waals surface area contributed by atoms with Crippen LogP contribution in [0.3, 0.4) is 0 Å². The Morgan fingerprint density at radius 3 is 2.55 bits per heavy atom. The Bertz CT molecular complexity index is 305. The fourth-order valence-corrected chi connectivity index (χ4v) is 4.18. The lowest BCUT2D eigenvalue weighted by molar-refractivity contribution is -0.0131. The number of ether oxygens (including phenoxy) is 2. The molecule has 1 aliphatic heterocycles. The molecule has 4 nitrogen and oxygen atoms in total. The van der Waals surface area contributed by atoms with Crippen LogP contribution in [0, 0.1) is 17.8 Å². The molecule has 0 spiro atoms. The highest BCUT2D eigenvalue weighted by atomic mass is 127. The van der Waals surface area contributed by atoms with Gasteiger partial charge < -0.3 is 14.6 Å². The SMILES string of the molecule is OC1CC([C@@H]2C[C@H]2COCCCCOC2CN(I)C2)C1. The van der Waals surface area contributed by atoms with Gasteiger partial charge in [-0.25, -0.2) is 3.11 Å². The van der Waals surface area contributed by atoms with Crippen LogP contribution in [0.2, 0.25) is 0 Å². The molecule has 0 radical (unpaired) electrons. The summed E-state index contributed by atoms with van der Waals surface area (Å²) in [6, 6.07) is 0. The van der Waals surface area contributed by atoms with Crippen molar-refractivity contribution < 1.29 is 14.6 Å². The fourth-order valence-electron chi connectivity index (χ4n) is 3.30. The van der Waals surface area contributed by atoms with Crippen LogP contribution in [0.4, 0.5) is 0 Å². The molecule has 2 saturated carbocycles. The molecule has 2 aliphatic carbocycles. The number of halogens is 1. The summed E-state index contributed by atoms with van der Waals surface area (Å²) < 4.78 is 13.8. The molecule has 5 heteroatoms. The van der Waals surface area contributed by atoms with E-state index in [0.717, 1.165) is 76.3 Å². The molecule has 2 atom stereocenters. The highest BCUT2D eigenvalue weighted by Crippen LogP contribution is 2.51. The van der Waals surface area contributed by atoms with Crippen molar-refractivity contribution in [2.45, 2.75) is 44.3 Å². The van der Waals surface area contributed by atoms with Gasteiger partial charge in [0, 0.05) is 55.8 Å². The lowest BCUT2D eigenvalue weighted by atomic mass is 9.78. The Morgan fingerprint density at radius 1 is 1.10 bits per heavy atom. The highest BCUT2D eigenvalue weighted by Gasteiger charge is 2.47. The first kappa shape index (κ1) is 15.5. The third-order valence-electron chi connectivity index (χ3n) is 4.90. The summed E-state index contributed by atoms with van der Waals surface area (Å²) in [5.41, 5.74) is 0. The molecule has 0 bridgehead atoms. The van der Waals surface area contributed by atoms with Crippen molar-refractivity contribution in [1.82, 2.24) is 3.11 Å². The van der Waals surface area contributed by atoms with E-state index < -0.39 is 0 Å². The standard InChI is InChI=1S/C15H26INO3/c16-17-8-14(9-17)20-4-2-1-3-19-10-12-7-15(12)11-5-13(18)6-11/h11-15,18H,1-10H2/t11?,12-,13?,15-/m0/s1. The number of rotatable bonds is 9. The van der Waals surface area contributed by atoms with Gasteiger partial charge in [-0.15, -0.1) is 0 Å². The van der Waals surface area contributed by atoms with Crippen molar-refractivity contribution in [2.24, 2.45) is 17.8 Å². The summed E-state index contributed by atoms with van der Waals surface area (Å²) in [4.78, 5) is 0. The molecule has 0 aromatic carbocycles. The predicted octanol–water partition coefficient (Wildman–Crippen LogP) is 2.24. The molecule has 0 amide bonds. The molecule has 3 fully saturated rings. The van der Waals surface area contributed by atoms with Gasteiger partial charge in [0.2, 0.25) is 0 Å². The third-order valence-corrected chi connectivity index (χ3v) is 5.69. The lowest BCUT2D eigenvalue weighted by Crippen LogP contribution is -2.46. The average Bonchev–Trinajstić information content (AvgIpc) is 3.10. The minimum absolute atomic E-state index is 0.00267. The van der Waals surface area contributed by atoms with E-state index in [4.69, 9.17) is 9.47 Å². The van der Waals surface area contributed by atoms with Crippen LogP contribution >= 0.6 is 22.9 Å². The summed E-state index contributed by atoms with van der Waals surface area (Å²) in [6.45, 7) is 4.85. The predicted molar refractivity (Wildman–Crippen MR) is 85.7 cm³/mol. The molecule has 20 heavy (non-hydrogen) atoms. The summed E-state index contributed by atoms with van der Waals surface area (Å²) in [7, 11) is 0. The number of aliphatic hydroxyl groups is 1. The first-order valence-electron chi connectivity index (χ1n) is 8.00. The smallest absolute Gasteiger partial charge is 0.0844 e. The molecule has 0 aromatic heterocycles. The number of aliphatic hydroxyl groups excluding tert-OH is 1. The molecule has 1 N–H and O–H groups in total. The van der Waals surface area contributed by atoms with Gasteiger partial charge in [0.25, 0.3) is 0 Å². The number of unbranched alkanes of at least 4 members (excludes halogenated alkanes) is 1. The van der Waals surface area contributed by atoms with Gasteiger partial charge >= 0.3 is 0 Å². The van der Waals surface area contributed by atoms with E-state index >= 15 is 0 Å². The van der Waals surface area contributed by atoms with E-state index in [9.17, 15) is 5.11 Å². The van der Waals surface area contributed by atoms with Gasteiger partial charge in [-0.1, -0.05) is 0 Å². The highest BCUT2D eigenvalue weighted by molar-refractivity contribution is 14.1. The maximum Gasteiger partial charge on any atom is 0.0844 e. The van der Waals surface area contributed by atoms with Crippen LogP contribution < -0.4 is 0 Å². The lowest BCUT2D eigenvalue weighted by Gasteiger charge is -2.33. The van der Waals surface area contributed by atoms with Crippen LogP contribution in [-0.2, 0) is 9.47 Å². The Labute approximate surface area is 135 Å². The van der Waals surface area contributed by atoms with Crippen LogP contribution in [0.15, 0.2) is 0 Å². The first-order valence-corrected chi connectivity index (χ1v) is 8.97. The van der Waals surface area contributed by atoms with Gasteiger partial charge in [-0.2, -0.15) is 0 Å². The van der Waals surface area contributed by atoms with Crippen LogP contribution in [0.5, 0.6) is 0 Å². The summed E-state index contributed by atoms with van der Waals surface area (Å²) in [5.74, 6) is 2.44. The molecule has 116 valence electrons. The van der Waals surface area contributed by atoms with Gasteiger partial charge in [0.05, 0.1) is 12.2 Å². The quantitative estimate of drug-likeness (QED) is 0.370. The normalized spacial score (nSPS) is 37.5. The molecule has 1 heterocycles. The van der Waals surface area contributed by atoms with Crippen molar-refractivity contribution in [2.75, 3.05) is 32.9 Å². The number of nitrogens with zero attached hydrogens (tertiary/aromatic N) is 1. The van der Waals surface area contributed by atoms with Gasteiger partial charge in [0.15, 0.2) is 0 Å². The third kappa shape index (κ3) is 4.29. The Kier molecular flexibility index (Phi) is 5.58. The van der Waals surface area contributed by atoms with Crippen molar-refractivity contribution in [3.63, 3.8) is 0 Å². The van der Waals surface area contributed by atoms with E-state index in [1.807, 2.05) is 0 Å². The van der Waals surface area contributed by atoms with E-state index in [2.05, 4.69) is 26.0 Å². The topological polar surface area (TPSA) is 41.9 Å². The Hall–Kier alpha value is 0.570. The van der Waals surface area contributed by atoms with Crippen LogP contribution in [0.25, 0.3) is 0 Å². The van der Waals surface area contributed by atoms with Gasteiger partial charge in [-0.3, -0.25) is 0 Å². The zero-order valence-corrected chi connectivity index (χ0v) is 14.2. The maximum atomic E-state index is 9.31. The van der Waals surface area contributed by atoms with Crippen molar-refractivity contribution in [1.29, 1.82) is 0 Å². The molecular weight excluding hydrogens is 369 g/mol. The zero-order valence-electron chi connectivity index (χ0n) is 12.0. The second-order valence-corrected chi connectivity index (χ2v) is 8.01. The Balaban J connectivity index is 1.10. The van der Waals surface area contributed by atoms with Gasteiger partial charge in [-0.05, 0) is 49.9 Å². The number of hydrogen-bond acceptors (Lipinski definition) is 4. The summed E-state index contributed by atoms with van der Waals surface area (Å²) >= 11 is 2.33. The first-order chi connectivity index (χ1) is 9.72. The van der Waals surface area contributed by atoms with Crippen molar-refractivity contribution in [3.05, 3.63) is 0 Å². The van der Waals surface area contributed by atoms with Crippen molar-refractivity contribution in [3.8, 4) is 0 Å². The molecule has 1 saturated heterocycles. The fraction of sp³-hybridized carbons (Fsp3) is 1.00. The summed E-state index contributed by atoms with van der Waals surface area (Å²) in [5, 5.41) is 9.31.